The molecule has 0 spiro atoms. The van der Waals surface area contributed by atoms with Crippen molar-refractivity contribution in [3.63, 3.8) is 0 Å². The molecule has 2 nitrogen and oxygen atoms in total. The van der Waals surface area contributed by atoms with Gasteiger partial charge in [0.2, 0.25) is 0 Å². The Morgan fingerprint density at radius 2 is 1.17 bits per heavy atom. The molecule has 0 aliphatic heterocycles. The van der Waals surface area contributed by atoms with E-state index in [1.807, 2.05) is 18.2 Å². The second kappa shape index (κ2) is 16.2. The first-order valence-corrected chi connectivity index (χ1v) is 19.6. The van der Waals surface area contributed by atoms with E-state index in [1.165, 1.54) is 5.39 Å². The van der Waals surface area contributed by atoms with Gasteiger partial charge in [-0.05, 0) is 98.3 Å². The van der Waals surface area contributed by atoms with Crippen LogP contribution < -0.4 is 4.90 Å². The number of para-hydroxylation sites is 1. The SMILES string of the molecule is C=C/C=C\C=C\c1cc(N(c2cccc(/C(=C/C=C)c3ccccc3)c2)c2ccccc2-c2cccc3oc4cc5ccccc5cc4c23)ccc1-c1ccccc1. The molecule has 0 N–H and O–H groups in total. The maximum Gasteiger partial charge on any atom is 0.136 e. The summed E-state index contributed by atoms with van der Waals surface area (Å²) in [5.41, 5.74) is 13.8. The highest BCUT2D eigenvalue weighted by Crippen LogP contribution is 2.46. The van der Waals surface area contributed by atoms with Gasteiger partial charge in [-0.15, -0.1) is 0 Å². The fraction of sp³-hybridized carbons (Fsp3) is 0. The van der Waals surface area contributed by atoms with Gasteiger partial charge in [0.25, 0.3) is 0 Å². The molecule has 0 saturated heterocycles. The monoisotopic (exact) mass is 743 g/mol. The largest absolute Gasteiger partial charge is 0.456 e. The molecule has 8 aromatic carbocycles. The molecular weight excluding hydrogens is 703 g/mol. The number of anilines is 3. The Hall–Kier alpha value is -7.68. The standard InChI is InChI=1S/C56H41NO/c1-3-5-6-9-27-44-37-47(34-35-49(44)41-23-12-8-13-24-41)57(46-29-18-28-45(36-46)48(20-4-2)40-21-10-7-11-22-40)53-32-17-16-30-50(53)51-31-19-33-54-56(51)52-38-42-25-14-15-26-43(42)39-55(52)58-54/h3-39H,1-2H2/b6-5-,27-9+,48-20+. The number of allylic oxidation sites excluding steroid dienone is 6. The fourth-order valence-corrected chi connectivity index (χ4v) is 7.98. The van der Waals surface area contributed by atoms with Crippen molar-refractivity contribution < 1.29 is 4.42 Å². The molecule has 9 aromatic rings. The summed E-state index contributed by atoms with van der Waals surface area (Å²) in [5, 5.41) is 4.54. The van der Waals surface area contributed by atoms with Gasteiger partial charge in [0.1, 0.15) is 11.2 Å². The van der Waals surface area contributed by atoms with Crippen LogP contribution in [0.4, 0.5) is 17.1 Å². The zero-order valence-electron chi connectivity index (χ0n) is 32.1. The molecule has 58 heavy (non-hydrogen) atoms. The zero-order valence-corrected chi connectivity index (χ0v) is 32.1. The summed E-state index contributed by atoms with van der Waals surface area (Å²) in [6.07, 6.45) is 14.0. The number of fused-ring (bicyclic) bond motifs is 4. The number of benzene rings is 8. The number of hydrogen-bond acceptors (Lipinski definition) is 2. The predicted molar refractivity (Wildman–Crippen MR) is 249 cm³/mol. The van der Waals surface area contributed by atoms with Crippen LogP contribution >= 0.6 is 0 Å². The van der Waals surface area contributed by atoms with Gasteiger partial charge in [-0.3, -0.25) is 0 Å². The maximum absolute atomic E-state index is 6.58. The van der Waals surface area contributed by atoms with E-state index in [0.29, 0.717) is 0 Å². The summed E-state index contributed by atoms with van der Waals surface area (Å²) >= 11 is 0. The van der Waals surface area contributed by atoms with Gasteiger partial charge in [-0.2, -0.15) is 0 Å². The van der Waals surface area contributed by atoms with Crippen molar-refractivity contribution in [1.29, 1.82) is 0 Å². The average molecular weight is 744 g/mol. The molecule has 0 saturated carbocycles. The van der Waals surface area contributed by atoms with Crippen LogP contribution in [0.2, 0.25) is 0 Å². The van der Waals surface area contributed by atoms with Crippen LogP contribution in [0.15, 0.2) is 236 Å². The maximum atomic E-state index is 6.58. The van der Waals surface area contributed by atoms with Crippen LogP contribution in [0.1, 0.15) is 16.7 Å². The van der Waals surface area contributed by atoms with Gasteiger partial charge in [0, 0.05) is 27.7 Å². The highest BCUT2D eigenvalue weighted by atomic mass is 16.3. The Kier molecular flexibility index (Phi) is 10.0. The van der Waals surface area contributed by atoms with E-state index in [2.05, 4.69) is 218 Å². The van der Waals surface area contributed by atoms with Crippen LogP contribution in [0.25, 0.3) is 66.6 Å². The molecule has 1 heterocycles. The molecule has 0 bridgehead atoms. The second-order valence-corrected chi connectivity index (χ2v) is 14.2. The van der Waals surface area contributed by atoms with Crippen LogP contribution in [-0.4, -0.2) is 0 Å². The molecule has 0 aliphatic carbocycles. The summed E-state index contributed by atoms with van der Waals surface area (Å²) in [5.74, 6) is 0. The summed E-state index contributed by atoms with van der Waals surface area (Å²) in [6, 6.07) is 64.7. The first-order chi connectivity index (χ1) is 28.7. The second-order valence-electron chi connectivity index (χ2n) is 14.2. The predicted octanol–water partition coefficient (Wildman–Crippen LogP) is 15.9. The van der Waals surface area contributed by atoms with Crippen molar-refractivity contribution in [3.8, 4) is 22.3 Å². The average Bonchev–Trinajstić information content (AvgIpc) is 3.65. The van der Waals surface area contributed by atoms with Crippen molar-refractivity contribution in [2.75, 3.05) is 4.90 Å². The first kappa shape index (κ1) is 36.0. The molecule has 0 atom stereocenters. The van der Waals surface area contributed by atoms with Gasteiger partial charge in [-0.25, -0.2) is 0 Å². The van der Waals surface area contributed by atoms with E-state index in [0.717, 1.165) is 88.9 Å². The van der Waals surface area contributed by atoms with Crippen LogP contribution in [-0.2, 0) is 0 Å². The van der Waals surface area contributed by atoms with Crippen molar-refractivity contribution >= 4 is 61.4 Å². The molecule has 0 aliphatic rings. The highest BCUT2D eigenvalue weighted by molar-refractivity contribution is 6.16. The Balaban J connectivity index is 1.29. The fourth-order valence-electron chi connectivity index (χ4n) is 7.98. The molecule has 0 fully saturated rings. The van der Waals surface area contributed by atoms with Crippen LogP contribution in [0.5, 0.6) is 0 Å². The minimum Gasteiger partial charge on any atom is -0.456 e. The van der Waals surface area contributed by atoms with E-state index in [4.69, 9.17) is 4.42 Å². The van der Waals surface area contributed by atoms with Crippen molar-refractivity contribution in [1.82, 2.24) is 0 Å². The normalized spacial score (nSPS) is 11.9. The number of rotatable bonds is 11. The summed E-state index contributed by atoms with van der Waals surface area (Å²) in [4.78, 5) is 2.39. The van der Waals surface area contributed by atoms with Crippen molar-refractivity contribution in [3.05, 3.63) is 248 Å². The van der Waals surface area contributed by atoms with Gasteiger partial charge >= 0.3 is 0 Å². The Morgan fingerprint density at radius 3 is 1.98 bits per heavy atom. The Morgan fingerprint density at radius 1 is 0.483 bits per heavy atom. The summed E-state index contributed by atoms with van der Waals surface area (Å²) in [6.45, 7) is 7.94. The quantitative estimate of drug-likeness (QED) is 0.123. The van der Waals surface area contributed by atoms with E-state index >= 15 is 0 Å². The molecule has 0 unspecified atom stereocenters. The van der Waals surface area contributed by atoms with Crippen molar-refractivity contribution in [2.24, 2.45) is 0 Å². The van der Waals surface area contributed by atoms with E-state index < -0.39 is 0 Å². The smallest absolute Gasteiger partial charge is 0.136 e. The van der Waals surface area contributed by atoms with Gasteiger partial charge < -0.3 is 9.32 Å². The van der Waals surface area contributed by atoms with E-state index in [9.17, 15) is 0 Å². The molecular formula is C56H41NO. The molecule has 276 valence electrons. The summed E-state index contributed by atoms with van der Waals surface area (Å²) < 4.78 is 6.58. The van der Waals surface area contributed by atoms with Crippen LogP contribution in [0, 0.1) is 0 Å². The molecule has 0 radical (unpaired) electrons. The zero-order chi connectivity index (χ0) is 39.3. The topological polar surface area (TPSA) is 16.4 Å². The van der Waals surface area contributed by atoms with E-state index in [-0.39, 0.29) is 0 Å². The third kappa shape index (κ3) is 7.00. The molecule has 1 aromatic heterocycles. The molecule has 9 rings (SSSR count). The third-order valence-corrected chi connectivity index (χ3v) is 10.6. The number of nitrogens with zero attached hydrogens (tertiary/aromatic N) is 1. The number of furan rings is 1. The van der Waals surface area contributed by atoms with Crippen LogP contribution in [0.3, 0.4) is 0 Å². The molecule has 0 amide bonds. The van der Waals surface area contributed by atoms with Gasteiger partial charge in [-0.1, -0.05) is 189 Å². The lowest BCUT2D eigenvalue weighted by Crippen LogP contribution is -2.12. The number of hydrogen-bond donors (Lipinski definition) is 0. The minimum absolute atomic E-state index is 0.862. The Bertz CT molecular complexity index is 3030. The molecule has 2 heteroatoms. The highest BCUT2D eigenvalue weighted by Gasteiger charge is 2.22. The minimum atomic E-state index is 0.862. The Labute approximate surface area is 340 Å². The van der Waals surface area contributed by atoms with Crippen molar-refractivity contribution in [2.45, 2.75) is 0 Å². The lowest BCUT2D eigenvalue weighted by molar-refractivity contribution is 0.669. The van der Waals surface area contributed by atoms with Gasteiger partial charge in [0.15, 0.2) is 0 Å². The first-order valence-electron chi connectivity index (χ1n) is 19.6. The lowest BCUT2D eigenvalue weighted by Gasteiger charge is -2.29. The third-order valence-electron chi connectivity index (χ3n) is 10.6. The summed E-state index contributed by atoms with van der Waals surface area (Å²) in [7, 11) is 0. The lowest BCUT2D eigenvalue weighted by atomic mass is 9.94. The van der Waals surface area contributed by atoms with Gasteiger partial charge in [0.05, 0.1) is 5.69 Å². The van der Waals surface area contributed by atoms with E-state index in [1.54, 1.807) is 6.08 Å².